The molecule has 1 atom stereocenters. The minimum absolute atomic E-state index is 0.183. The number of hydrogen-bond donors (Lipinski definition) is 2. The highest BCUT2D eigenvalue weighted by Gasteiger charge is 2.30. The topological polar surface area (TPSA) is 38.0 Å². The van der Waals surface area contributed by atoms with E-state index in [1.165, 1.54) is 6.07 Å². The molecule has 21 heavy (non-hydrogen) atoms. The Hall–Kier alpha value is -1.53. The van der Waals surface area contributed by atoms with Crippen molar-refractivity contribution in [1.82, 2.24) is 0 Å². The lowest BCUT2D eigenvalue weighted by molar-refractivity contribution is -0.137. The van der Waals surface area contributed by atoms with Gasteiger partial charge in [-0.3, -0.25) is 0 Å². The van der Waals surface area contributed by atoms with Gasteiger partial charge in [-0.25, -0.2) is 0 Å². The van der Waals surface area contributed by atoms with Gasteiger partial charge in [0.1, 0.15) is 0 Å². The summed E-state index contributed by atoms with van der Waals surface area (Å²) in [5.74, 6) is 0. The van der Waals surface area contributed by atoms with Gasteiger partial charge in [-0.05, 0) is 45.8 Å². The van der Waals surface area contributed by atoms with Crippen LogP contribution in [0.3, 0.4) is 0 Å². The number of anilines is 1. The van der Waals surface area contributed by atoms with Crippen LogP contribution < -0.4 is 11.1 Å². The molecule has 0 aliphatic carbocycles. The fourth-order valence-electron chi connectivity index (χ4n) is 1.98. The van der Waals surface area contributed by atoms with Gasteiger partial charge in [-0.15, -0.1) is 0 Å². The Morgan fingerprint density at radius 2 is 1.81 bits per heavy atom. The van der Waals surface area contributed by atoms with Gasteiger partial charge in [0.25, 0.3) is 0 Å². The molecule has 0 aromatic heterocycles. The predicted octanol–water partition coefficient (Wildman–Crippen LogP) is 4.58. The van der Waals surface area contributed by atoms with Crippen LogP contribution in [0.5, 0.6) is 0 Å². The van der Waals surface area contributed by atoms with E-state index in [1.807, 2.05) is 24.3 Å². The second-order valence-corrected chi connectivity index (χ2v) is 5.39. The van der Waals surface area contributed by atoms with Crippen LogP contribution in [0.4, 0.5) is 18.9 Å². The molecule has 0 aliphatic heterocycles. The van der Waals surface area contributed by atoms with Gasteiger partial charge in [0.05, 0.1) is 11.6 Å². The van der Waals surface area contributed by atoms with Gasteiger partial charge in [0.15, 0.2) is 0 Å². The molecule has 0 amide bonds. The molecule has 2 nitrogen and oxygen atoms in total. The van der Waals surface area contributed by atoms with E-state index in [2.05, 4.69) is 21.2 Å². The molecule has 0 saturated heterocycles. The first-order valence-electron chi connectivity index (χ1n) is 6.30. The molecule has 0 spiro atoms. The van der Waals surface area contributed by atoms with Gasteiger partial charge in [-0.2, -0.15) is 13.2 Å². The Balaban J connectivity index is 2.28. The summed E-state index contributed by atoms with van der Waals surface area (Å²) in [5, 5.41) is 3.15. The van der Waals surface area contributed by atoms with Crippen LogP contribution in [0, 0.1) is 0 Å². The number of para-hydroxylation sites is 1. The number of halogens is 4. The summed E-state index contributed by atoms with van der Waals surface area (Å²) in [7, 11) is 0. The Kier molecular flexibility index (Phi) is 4.90. The average molecular weight is 359 g/mol. The van der Waals surface area contributed by atoms with E-state index in [0.717, 1.165) is 22.3 Å². The Bertz CT molecular complexity index is 614. The summed E-state index contributed by atoms with van der Waals surface area (Å²) in [5.41, 5.74) is 6.31. The third-order valence-electron chi connectivity index (χ3n) is 3.06. The molecule has 0 saturated carbocycles. The molecule has 2 aromatic rings. The fourth-order valence-corrected chi connectivity index (χ4v) is 2.38. The van der Waals surface area contributed by atoms with Crippen molar-refractivity contribution in [3.8, 4) is 0 Å². The Labute approximate surface area is 129 Å². The van der Waals surface area contributed by atoms with Crippen molar-refractivity contribution in [2.75, 3.05) is 11.9 Å². The molecule has 1 unspecified atom stereocenters. The minimum atomic E-state index is -4.36. The monoisotopic (exact) mass is 358 g/mol. The van der Waals surface area contributed by atoms with E-state index in [1.54, 1.807) is 6.07 Å². The molecule has 6 heteroatoms. The van der Waals surface area contributed by atoms with Crippen LogP contribution in [0.15, 0.2) is 53.0 Å². The summed E-state index contributed by atoms with van der Waals surface area (Å²) in [4.78, 5) is 0. The van der Waals surface area contributed by atoms with Crippen molar-refractivity contribution in [1.29, 1.82) is 0 Å². The zero-order chi connectivity index (χ0) is 15.5. The third kappa shape index (κ3) is 3.98. The molecule has 0 aliphatic rings. The summed E-state index contributed by atoms with van der Waals surface area (Å²) < 4.78 is 39.1. The first-order valence-corrected chi connectivity index (χ1v) is 7.09. The summed E-state index contributed by atoms with van der Waals surface area (Å²) in [6.45, 7) is 0.183. The highest BCUT2D eigenvalue weighted by atomic mass is 79.9. The van der Waals surface area contributed by atoms with Gasteiger partial charge in [0, 0.05) is 16.7 Å². The SMILES string of the molecule is NCC(Nc1ccccc1Br)c1cccc(C(F)(F)F)c1. The number of nitrogens with one attached hydrogen (secondary N) is 1. The Morgan fingerprint density at radius 1 is 1.10 bits per heavy atom. The van der Waals surface area contributed by atoms with Crippen LogP contribution in [0.25, 0.3) is 0 Å². The largest absolute Gasteiger partial charge is 0.416 e. The lowest BCUT2D eigenvalue weighted by Gasteiger charge is -2.20. The van der Waals surface area contributed by atoms with Crippen molar-refractivity contribution in [3.63, 3.8) is 0 Å². The van der Waals surface area contributed by atoms with Crippen LogP contribution in [0.2, 0.25) is 0 Å². The van der Waals surface area contributed by atoms with Crippen LogP contribution in [0.1, 0.15) is 17.2 Å². The smallest absolute Gasteiger partial charge is 0.376 e. The molecule has 2 rings (SSSR count). The maximum absolute atomic E-state index is 12.8. The normalized spacial score (nSPS) is 13.0. The van der Waals surface area contributed by atoms with Crippen molar-refractivity contribution in [3.05, 3.63) is 64.1 Å². The highest BCUT2D eigenvalue weighted by Crippen LogP contribution is 2.32. The number of alkyl halides is 3. The highest BCUT2D eigenvalue weighted by molar-refractivity contribution is 9.10. The molecular weight excluding hydrogens is 345 g/mol. The van der Waals surface area contributed by atoms with E-state index in [0.29, 0.717) is 5.56 Å². The first kappa shape index (κ1) is 15.9. The lowest BCUT2D eigenvalue weighted by atomic mass is 10.0. The van der Waals surface area contributed by atoms with Crippen molar-refractivity contribution in [2.45, 2.75) is 12.2 Å². The van der Waals surface area contributed by atoms with Gasteiger partial charge in [0.2, 0.25) is 0 Å². The van der Waals surface area contributed by atoms with Crippen LogP contribution >= 0.6 is 15.9 Å². The molecule has 2 aromatic carbocycles. The van der Waals surface area contributed by atoms with Gasteiger partial charge in [-0.1, -0.05) is 24.3 Å². The van der Waals surface area contributed by atoms with Crippen molar-refractivity contribution >= 4 is 21.6 Å². The molecule has 112 valence electrons. The quantitative estimate of drug-likeness (QED) is 0.839. The Morgan fingerprint density at radius 3 is 2.43 bits per heavy atom. The zero-order valence-electron chi connectivity index (χ0n) is 11.0. The van der Waals surface area contributed by atoms with E-state index < -0.39 is 17.8 Å². The summed E-state index contributed by atoms with van der Waals surface area (Å²) >= 11 is 3.39. The fraction of sp³-hybridized carbons (Fsp3) is 0.200. The molecule has 0 fully saturated rings. The van der Waals surface area contributed by atoms with Crippen molar-refractivity contribution < 1.29 is 13.2 Å². The van der Waals surface area contributed by atoms with Crippen molar-refractivity contribution in [2.24, 2.45) is 5.73 Å². The summed E-state index contributed by atoms with van der Waals surface area (Å²) in [6.07, 6.45) is -4.36. The second-order valence-electron chi connectivity index (χ2n) is 4.54. The first-order chi connectivity index (χ1) is 9.91. The lowest BCUT2D eigenvalue weighted by Crippen LogP contribution is -2.21. The average Bonchev–Trinajstić information content (AvgIpc) is 2.46. The van der Waals surface area contributed by atoms with E-state index in [4.69, 9.17) is 5.73 Å². The molecule has 3 N–H and O–H groups in total. The van der Waals surface area contributed by atoms with Gasteiger partial charge >= 0.3 is 6.18 Å². The molecular formula is C15H14BrF3N2. The zero-order valence-corrected chi connectivity index (χ0v) is 12.6. The predicted molar refractivity (Wildman–Crippen MR) is 81.0 cm³/mol. The molecule has 0 radical (unpaired) electrons. The number of rotatable bonds is 4. The number of nitrogens with two attached hydrogens (primary N) is 1. The van der Waals surface area contributed by atoms with E-state index in [9.17, 15) is 13.2 Å². The summed E-state index contributed by atoms with van der Waals surface area (Å²) in [6, 6.07) is 12.2. The van der Waals surface area contributed by atoms with Crippen LogP contribution in [-0.4, -0.2) is 6.54 Å². The standard InChI is InChI=1S/C15H14BrF3N2/c16-12-6-1-2-7-13(12)21-14(9-20)10-4-3-5-11(8-10)15(17,18)19/h1-8,14,21H,9,20H2. The number of benzene rings is 2. The maximum Gasteiger partial charge on any atom is 0.416 e. The van der Waals surface area contributed by atoms with Crippen LogP contribution in [-0.2, 0) is 6.18 Å². The van der Waals surface area contributed by atoms with E-state index >= 15 is 0 Å². The third-order valence-corrected chi connectivity index (χ3v) is 3.75. The molecule has 0 bridgehead atoms. The second kappa shape index (κ2) is 6.49. The molecule has 0 heterocycles. The number of hydrogen-bond acceptors (Lipinski definition) is 2. The van der Waals surface area contributed by atoms with E-state index in [-0.39, 0.29) is 6.54 Å². The maximum atomic E-state index is 12.8. The minimum Gasteiger partial charge on any atom is -0.376 e. The van der Waals surface area contributed by atoms with Gasteiger partial charge < -0.3 is 11.1 Å².